The maximum Gasteiger partial charge on any atom is 0.243 e. The number of hydrogen-bond acceptors (Lipinski definition) is 6. The Morgan fingerprint density at radius 2 is 2.23 bits per heavy atom. The smallest absolute Gasteiger partial charge is 0.243 e. The third kappa shape index (κ3) is 4.52. The summed E-state index contributed by atoms with van der Waals surface area (Å²) in [5.41, 5.74) is 0.876. The number of amides is 1. The van der Waals surface area contributed by atoms with Crippen molar-refractivity contribution in [3.8, 4) is 5.75 Å². The lowest BCUT2D eigenvalue weighted by atomic mass is 10.1. The zero-order valence-electron chi connectivity index (χ0n) is 15.8. The second-order valence-corrected chi connectivity index (χ2v) is 8.34. The zero-order valence-corrected chi connectivity index (χ0v) is 16.6. The summed E-state index contributed by atoms with van der Waals surface area (Å²) in [5.74, 6) is 1.68. The first-order valence-corrected chi connectivity index (χ1v) is 9.67. The van der Waals surface area contributed by atoms with Crippen LogP contribution in [0.25, 0.3) is 0 Å². The van der Waals surface area contributed by atoms with E-state index in [4.69, 9.17) is 4.74 Å². The molecule has 1 saturated heterocycles. The highest BCUT2D eigenvalue weighted by molar-refractivity contribution is 7.09. The average Bonchev–Trinajstić information content (AvgIpc) is 3.22. The van der Waals surface area contributed by atoms with Crippen molar-refractivity contribution in [1.29, 1.82) is 0 Å². The Hall–Kier alpha value is -2.15. The Kier molecular flexibility index (Phi) is 5.46. The number of carbonyl (C=O) groups is 1. The minimum atomic E-state index is -0.232. The molecule has 1 amide bonds. The van der Waals surface area contributed by atoms with Crippen molar-refractivity contribution in [2.75, 3.05) is 18.6 Å². The van der Waals surface area contributed by atoms with Gasteiger partial charge in [-0.15, -0.1) is 0 Å². The molecule has 7 heteroatoms. The Balaban J connectivity index is 1.71. The predicted molar refractivity (Wildman–Crippen MR) is 104 cm³/mol. The minimum Gasteiger partial charge on any atom is -0.497 e. The molecule has 26 heavy (non-hydrogen) atoms. The first kappa shape index (κ1) is 18.6. The summed E-state index contributed by atoms with van der Waals surface area (Å²) in [5, 5.41) is 3.91. The third-order valence-corrected chi connectivity index (χ3v) is 5.04. The molecule has 0 saturated carbocycles. The topological polar surface area (TPSA) is 67.3 Å². The molecule has 1 aromatic heterocycles. The molecule has 1 aliphatic heterocycles. The number of carbonyl (C=O) groups excluding carboxylic acids is 1. The van der Waals surface area contributed by atoms with Crippen LogP contribution in [0.3, 0.4) is 0 Å². The van der Waals surface area contributed by atoms with Gasteiger partial charge >= 0.3 is 0 Å². The molecule has 0 aliphatic carbocycles. The fourth-order valence-corrected chi connectivity index (χ4v) is 3.88. The molecule has 1 aliphatic rings. The number of nitrogens with one attached hydrogen (secondary N) is 1. The van der Waals surface area contributed by atoms with Crippen LogP contribution in [-0.4, -0.2) is 40.5 Å². The van der Waals surface area contributed by atoms with Gasteiger partial charge in [-0.2, -0.15) is 4.37 Å². The SMILES string of the molecule is COc1cccc(Cc2nsc(N3CCC[C@@H]3C(=O)NC(C)(C)C)n2)c1. The fourth-order valence-electron chi connectivity index (χ4n) is 3.12. The summed E-state index contributed by atoms with van der Waals surface area (Å²) in [7, 11) is 1.66. The number of benzene rings is 1. The molecule has 1 aromatic carbocycles. The van der Waals surface area contributed by atoms with Crippen molar-refractivity contribution in [1.82, 2.24) is 14.7 Å². The molecule has 1 atom stereocenters. The van der Waals surface area contributed by atoms with E-state index in [2.05, 4.69) is 19.6 Å². The zero-order chi connectivity index (χ0) is 18.7. The van der Waals surface area contributed by atoms with Crippen LogP contribution in [0.15, 0.2) is 24.3 Å². The largest absolute Gasteiger partial charge is 0.497 e. The summed E-state index contributed by atoms with van der Waals surface area (Å²) in [6.45, 7) is 6.85. The van der Waals surface area contributed by atoms with Gasteiger partial charge in [-0.3, -0.25) is 4.79 Å². The van der Waals surface area contributed by atoms with Crippen molar-refractivity contribution in [2.24, 2.45) is 0 Å². The lowest BCUT2D eigenvalue weighted by Crippen LogP contribution is -2.50. The highest BCUT2D eigenvalue weighted by Crippen LogP contribution is 2.28. The van der Waals surface area contributed by atoms with E-state index in [-0.39, 0.29) is 17.5 Å². The molecule has 140 valence electrons. The first-order chi connectivity index (χ1) is 12.4. The van der Waals surface area contributed by atoms with Gasteiger partial charge in [-0.25, -0.2) is 4.98 Å². The normalized spacial score (nSPS) is 17.4. The molecule has 2 heterocycles. The second kappa shape index (κ2) is 7.61. The van der Waals surface area contributed by atoms with Crippen LogP contribution >= 0.6 is 11.5 Å². The molecule has 0 radical (unpaired) electrons. The Morgan fingerprint density at radius 3 is 2.96 bits per heavy atom. The summed E-state index contributed by atoms with van der Waals surface area (Å²) in [6.07, 6.45) is 2.50. The van der Waals surface area contributed by atoms with Crippen LogP contribution in [0.4, 0.5) is 5.13 Å². The highest BCUT2D eigenvalue weighted by atomic mass is 32.1. The average molecular weight is 375 g/mol. The highest BCUT2D eigenvalue weighted by Gasteiger charge is 2.34. The Morgan fingerprint density at radius 1 is 1.42 bits per heavy atom. The van der Waals surface area contributed by atoms with E-state index in [0.29, 0.717) is 6.42 Å². The van der Waals surface area contributed by atoms with Crippen LogP contribution in [0.1, 0.15) is 45.0 Å². The standard InChI is InChI=1S/C19H26N4O2S/c1-19(2,3)21-17(24)15-9-6-10-23(15)18-20-16(22-26-18)12-13-7-5-8-14(11-13)25-4/h5,7-8,11,15H,6,9-10,12H2,1-4H3,(H,21,24)/t15-/m1/s1. The van der Waals surface area contributed by atoms with Gasteiger partial charge in [0.25, 0.3) is 0 Å². The van der Waals surface area contributed by atoms with E-state index in [1.165, 1.54) is 11.5 Å². The van der Waals surface area contributed by atoms with E-state index in [1.807, 2.05) is 45.0 Å². The Bertz CT molecular complexity index is 769. The van der Waals surface area contributed by atoms with Gasteiger partial charge in [-0.05, 0) is 51.3 Å². The molecule has 0 spiro atoms. The molecular weight excluding hydrogens is 348 g/mol. The predicted octanol–water partition coefficient (Wildman–Crippen LogP) is 3.02. The fraction of sp³-hybridized carbons (Fsp3) is 0.526. The summed E-state index contributed by atoms with van der Waals surface area (Å²) in [6, 6.07) is 7.77. The maximum atomic E-state index is 12.6. The summed E-state index contributed by atoms with van der Waals surface area (Å²) < 4.78 is 9.76. The number of nitrogens with zero attached hydrogens (tertiary/aromatic N) is 3. The van der Waals surface area contributed by atoms with Crippen molar-refractivity contribution in [3.05, 3.63) is 35.7 Å². The quantitative estimate of drug-likeness (QED) is 0.871. The second-order valence-electron chi connectivity index (χ2n) is 7.61. The van der Waals surface area contributed by atoms with Crippen molar-refractivity contribution < 1.29 is 9.53 Å². The van der Waals surface area contributed by atoms with E-state index >= 15 is 0 Å². The third-order valence-electron chi connectivity index (χ3n) is 4.25. The van der Waals surface area contributed by atoms with E-state index in [0.717, 1.165) is 41.7 Å². The van der Waals surface area contributed by atoms with Crippen LogP contribution in [0.2, 0.25) is 0 Å². The van der Waals surface area contributed by atoms with Gasteiger partial charge < -0.3 is 15.0 Å². The summed E-state index contributed by atoms with van der Waals surface area (Å²) in [4.78, 5) is 19.4. The molecule has 0 unspecified atom stereocenters. The lowest BCUT2D eigenvalue weighted by Gasteiger charge is -2.27. The van der Waals surface area contributed by atoms with Crippen molar-refractivity contribution in [3.63, 3.8) is 0 Å². The van der Waals surface area contributed by atoms with Crippen LogP contribution in [0.5, 0.6) is 5.75 Å². The first-order valence-electron chi connectivity index (χ1n) is 8.90. The van der Waals surface area contributed by atoms with Gasteiger partial charge in [0.1, 0.15) is 17.6 Å². The number of anilines is 1. The number of hydrogen-bond donors (Lipinski definition) is 1. The van der Waals surface area contributed by atoms with Crippen LogP contribution in [0, 0.1) is 0 Å². The van der Waals surface area contributed by atoms with E-state index in [9.17, 15) is 4.79 Å². The van der Waals surface area contributed by atoms with Crippen molar-refractivity contribution >= 4 is 22.6 Å². The van der Waals surface area contributed by atoms with Crippen LogP contribution in [-0.2, 0) is 11.2 Å². The lowest BCUT2D eigenvalue weighted by molar-refractivity contribution is -0.123. The van der Waals surface area contributed by atoms with E-state index < -0.39 is 0 Å². The summed E-state index contributed by atoms with van der Waals surface area (Å²) >= 11 is 1.37. The maximum absolute atomic E-state index is 12.6. The van der Waals surface area contributed by atoms with Gasteiger partial charge in [0.05, 0.1) is 7.11 Å². The van der Waals surface area contributed by atoms with Gasteiger partial charge in [0.2, 0.25) is 11.0 Å². The number of ether oxygens (including phenoxy) is 1. The van der Waals surface area contributed by atoms with Crippen molar-refractivity contribution in [2.45, 2.75) is 51.6 Å². The molecular formula is C19H26N4O2S. The van der Waals surface area contributed by atoms with E-state index in [1.54, 1.807) is 7.11 Å². The van der Waals surface area contributed by atoms with Gasteiger partial charge in [-0.1, -0.05) is 12.1 Å². The molecule has 1 fully saturated rings. The number of rotatable bonds is 5. The number of methoxy groups -OCH3 is 1. The monoisotopic (exact) mass is 374 g/mol. The molecule has 0 bridgehead atoms. The van der Waals surface area contributed by atoms with Crippen LogP contribution < -0.4 is 15.0 Å². The minimum absolute atomic E-state index is 0.0690. The van der Waals surface area contributed by atoms with Gasteiger partial charge in [0.15, 0.2) is 0 Å². The van der Waals surface area contributed by atoms with Gasteiger partial charge in [0, 0.05) is 30.0 Å². The molecule has 3 rings (SSSR count). The number of aromatic nitrogens is 2. The molecule has 2 aromatic rings. The molecule has 1 N–H and O–H groups in total. The Labute approximate surface area is 158 Å². The molecule has 6 nitrogen and oxygen atoms in total.